The van der Waals surface area contributed by atoms with Gasteiger partial charge in [0.2, 0.25) is 6.08 Å². The summed E-state index contributed by atoms with van der Waals surface area (Å²) < 4.78 is 4.25. The van der Waals surface area contributed by atoms with Crippen molar-refractivity contribution in [2.24, 2.45) is 4.99 Å². The monoisotopic (exact) mass is 127 g/mol. The summed E-state index contributed by atoms with van der Waals surface area (Å²) in [5, 5.41) is 0. The van der Waals surface area contributed by atoms with Crippen LogP contribution in [0.25, 0.3) is 0 Å². The summed E-state index contributed by atoms with van der Waals surface area (Å²) in [6, 6.07) is 0. The maximum Gasteiger partial charge on any atom is 0.444 e. The maximum atomic E-state index is 10.1. The van der Waals surface area contributed by atoms with Crippen molar-refractivity contribution in [3.8, 4) is 0 Å². The molecule has 0 saturated heterocycles. The fourth-order valence-electron chi connectivity index (χ4n) is 0.200. The molecule has 0 fully saturated rings. The van der Waals surface area contributed by atoms with Crippen LogP contribution in [0.3, 0.4) is 0 Å². The second-order valence-corrected chi connectivity index (χ2v) is 1.07. The van der Waals surface area contributed by atoms with Crippen LogP contribution in [0.5, 0.6) is 0 Å². The molecule has 1 amide bonds. The van der Waals surface area contributed by atoms with E-state index in [2.05, 4.69) is 16.3 Å². The Morgan fingerprint density at radius 2 is 2.56 bits per heavy atom. The van der Waals surface area contributed by atoms with E-state index in [1.54, 1.807) is 0 Å². The molecule has 0 N–H and O–H groups in total. The smallest absolute Gasteiger partial charge is 0.443 e. The number of carbonyl (C=O) groups is 1. The number of aliphatic imine (C=N–C) groups is 1. The van der Waals surface area contributed by atoms with Gasteiger partial charge in [-0.05, 0) is 0 Å². The molecule has 4 nitrogen and oxygen atoms in total. The van der Waals surface area contributed by atoms with E-state index in [0.29, 0.717) is 0 Å². The Hall–Kier alpha value is -1.41. The van der Waals surface area contributed by atoms with Crippen LogP contribution in [0.1, 0.15) is 0 Å². The quantitative estimate of drug-likeness (QED) is 0.311. The summed E-state index contributed by atoms with van der Waals surface area (Å²) >= 11 is 0. The zero-order valence-corrected chi connectivity index (χ0v) is 4.66. The third kappa shape index (κ3) is 4.44. The molecule has 0 aliphatic heterocycles. The number of nitrogens with zero attached hydrogens (tertiary/aromatic N) is 1. The molecule has 9 heavy (non-hydrogen) atoms. The van der Waals surface area contributed by atoms with E-state index in [0.717, 1.165) is 6.08 Å². The van der Waals surface area contributed by atoms with Crippen molar-refractivity contribution in [3.63, 3.8) is 0 Å². The van der Waals surface area contributed by atoms with Gasteiger partial charge in [0.05, 0.1) is 0 Å². The molecular formula is C5H5NO3. The van der Waals surface area contributed by atoms with Crippen molar-refractivity contribution in [3.05, 3.63) is 12.7 Å². The number of ether oxygens (including phenoxy) is 1. The van der Waals surface area contributed by atoms with Crippen molar-refractivity contribution < 1.29 is 14.3 Å². The molecule has 0 heterocycles. The standard InChI is InChI=1S/C5H5NO3/c1-2-3-9-5(8)6-4-7/h2H,1,3H2. The van der Waals surface area contributed by atoms with E-state index in [9.17, 15) is 9.59 Å². The molecule has 0 aromatic heterocycles. The number of carbonyl (C=O) groups excluding carboxylic acids is 2. The number of hydrogen-bond donors (Lipinski definition) is 0. The lowest BCUT2D eigenvalue weighted by Gasteiger charge is -1.89. The maximum absolute atomic E-state index is 10.1. The van der Waals surface area contributed by atoms with Crippen molar-refractivity contribution in [1.29, 1.82) is 0 Å². The van der Waals surface area contributed by atoms with E-state index in [-0.39, 0.29) is 6.61 Å². The first kappa shape index (κ1) is 7.59. The normalized spacial score (nSPS) is 7.11. The minimum absolute atomic E-state index is 0.0595. The first-order valence-corrected chi connectivity index (χ1v) is 2.16. The Balaban J connectivity index is 3.50. The van der Waals surface area contributed by atoms with E-state index in [4.69, 9.17) is 0 Å². The highest BCUT2D eigenvalue weighted by atomic mass is 16.5. The van der Waals surface area contributed by atoms with Gasteiger partial charge in [-0.1, -0.05) is 17.6 Å². The second kappa shape index (κ2) is 4.74. The van der Waals surface area contributed by atoms with Gasteiger partial charge in [-0.15, -0.1) is 0 Å². The van der Waals surface area contributed by atoms with Gasteiger partial charge in [0.1, 0.15) is 6.61 Å². The summed E-state index contributed by atoms with van der Waals surface area (Å²) in [7, 11) is 0. The van der Waals surface area contributed by atoms with Crippen molar-refractivity contribution in [1.82, 2.24) is 0 Å². The fraction of sp³-hybridized carbons (Fsp3) is 0.200. The summed E-state index contributed by atoms with van der Waals surface area (Å²) in [4.78, 5) is 22.1. The third-order valence-corrected chi connectivity index (χ3v) is 0.462. The molecule has 0 radical (unpaired) electrons. The minimum atomic E-state index is -0.940. The topological polar surface area (TPSA) is 55.7 Å². The predicted molar refractivity (Wildman–Crippen MR) is 29.7 cm³/mol. The Morgan fingerprint density at radius 1 is 1.89 bits per heavy atom. The van der Waals surface area contributed by atoms with Crippen molar-refractivity contribution in [2.45, 2.75) is 0 Å². The van der Waals surface area contributed by atoms with E-state index >= 15 is 0 Å². The van der Waals surface area contributed by atoms with Gasteiger partial charge in [-0.2, -0.15) is 0 Å². The van der Waals surface area contributed by atoms with Crippen LogP contribution in [-0.4, -0.2) is 18.8 Å². The SMILES string of the molecule is C=CCOC(=O)N=C=O. The lowest BCUT2D eigenvalue weighted by Crippen LogP contribution is -1.96. The second-order valence-electron chi connectivity index (χ2n) is 1.07. The number of hydrogen-bond acceptors (Lipinski definition) is 3. The van der Waals surface area contributed by atoms with Crippen LogP contribution in [-0.2, 0) is 9.53 Å². The van der Waals surface area contributed by atoms with Gasteiger partial charge in [0, 0.05) is 0 Å². The molecule has 4 heteroatoms. The number of isocyanates is 1. The van der Waals surface area contributed by atoms with Crippen LogP contribution in [0.15, 0.2) is 17.6 Å². The average Bonchev–Trinajstić information content (AvgIpc) is 1.85. The van der Waals surface area contributed by atoms with Crippen LogP contribution < -0.4 is 0 Å². The van der Waals surface area contributed by atoms with E-state index in [1.807, 2.05) is 0 Å². The molecule has 0 unspecified atom stereocenters. The molecule has 0 spiro atoms. The summed E-state index contributed by atoms with van der Waals surface area (Å²) in [6.07, 6.45) is 1.48. The highest BCUT2D eigenvalue weighted by Gasteiger charge is 1.93. The Morgan fingerprint density at radius 3 is 3.00 bits per heavy atom. The van der Waals surface area contributed by atoms with Crippen LogP contribution in [0, 0.1) is 0 Å². The van der Waals surface area contributed by atoms with Gasteiger partial charge < -0.3 is 4.74 Å². The van der Waals surface area contributed by atoms with Gasteiger partial charge in [0.25, 0.3) is 0 Å². The zero-order chi connectivity index (χ0) is 7.11. The number of rotatable bonds is 2. The molecule has 0 aromatic rings. The molecule has 48 valence electrons. The van der Waals surface area contributed by atoms with Gasteiger partial charge in [-0.25, -0.2) is 9.59 Å². The zero-order valence-electron chi connectivity index (χ0n) is 4.66. The number of amides is 1. The Kier molecular flexibility index (Phi) is 4.00. The summed E-state index contributed by atoms with van der Waals surface area (Å²) in [5.74, 6) is 0. The largest absolute Gasteiger partial charge is 0.444 e. The summed E-state index contributed by atoms with van der Waals surface area (Å²) in [6.45, 7) is 3.33. The molecule has 0 aliphatic rings. The Bertz CT molecular complexity index is 158. The van der Waals surface area contributed by atoms with Crippen molar-refractivity contribution >= 4 is 12.2 Å². The highest BCUT2D eigenvalue weighted by Crippen LogP contribution is 1.80. The first-order valence-electron chi connectivity index (χ1n) is 2.16. The highest BCUT2D eigenvalue weighted by molar-refractivity contribution is 5.74. The van der Waals surface area contributed by atoms with Crippen LogP contribution in [0.4, 0.5) is 4.79 Å². The van der Waals surface area contributed by atoms with Gasteiger partial charge in [0.15, 0.2) is 0 Å². The minimum Gasteiger partial charge on any atom is -0.443 e. The summed E-state index contributed by atoms with van der Waals surface area (Å²) in [5.41, 5.74) is 0. The molecule has 0 aliphatic carbocycles. The molecular weight excluding hydrogens is 122 g/mol. The first-order chi connectivity index (χ1) is 4.31. The average molecular weight is 127 g/mol. The molecule has 0 bridgehead atoms. The van der Waals surface area contributed by atoms with Gasteiger partial charge in [-0.3, -0.25) is 0 Å². The third-order valence-electron chi connectivity index (χ3n) is 0.462. The van der Waals surface area contributed by atoms with Gasteiger partial charge >= 0.3 is 6.09 Å². The van der Waals surface area contributed by atoms with E-state index < -0.39 is 6.09 Å². The molecule has 0 saturated carbocycles. The lowest BCUT2D eigenvalue weighted by molar-refractivity contribution is 0.170. The van der Waals surface area contributed by atoms with E-state index in [1.165, 1.54) is 6.08 Å². The van der Waals surface area contributed by atoms with Crippen LogP contribution >= 0.6 is 0 Å². The Labute approximate surface area is 51.8 Å². The lowest BCUT2D eigenvalue weighted by atomic mass is 10.7. The van der Waals surface area contributed by atoms with Crippen molar-refractivity contribution in [2.75, 3.05) is 6.61 Å². The fourth-order valence-corrected chi connectivity index (χ4v) is 0.200. The molecule has 0 aromatic carbocycles. The molecule has 0 atom stereocenters. The predicted octanol–water partition coefficient (Wildman–Crippen LogP) is 0.645. The van der Waals surface area contributed by atoms with Crippen LogP contribution in [0.2, 0.25) is 0 Å². The molecule has 0 rings (SSSR count).